The lowest BCUT2D eigenvalue weighted by Crippen LogP contribution is -2.43. The van der Waals surface area contributed by atoms with Crippen LogP contribution < -0.4 is 5.32 Å². The van der Waals surface area contributed by atoms with E-state index in [-0.39, 0.29) is 11.8 Å². The van der Waals surface area contributed by atoms with Crippen LogP contribution in [0, 0.1) is 6.92 Å². The highest BCUT2D eigenvalue weighted by molar-refractivity contribution is 5.97. The van der Waals surface area contributed by atoms with Crippen molar-refractivity contribution in [3.63, 3.8) is 0 Å². The van der Waals surface area contributed by atoms with E-state index in [4.69, 9.17) is 0 Å². The van der Waals surface area contributed by atoms with Crippen molar-refractivity contribution in [2.75, 3.05) is 11.9 Å². The fourth-order valence-electron chi connectivity index (χ4n) is 3.86. The quantitative estimate of drug-likeness (QED) is 0.686. The Hall–Kier alpha value is -3.48. The van der Waals surface area contributed by atoms with E-state index < -0.39 is 6.04 Å². The highest BCUT2D eigenvalue weighted by Gasteiger charge is 2.33. The van der Waals surface area contributed by atoms with Crippen molar-refractivity contribution < 1.29 is 9.59 Å². The molecule has 0 unspecified atom stereocenters. The summed E-state index contributed by atoms with van der Waals surface area (Å²) in [5.74, 6) is 0.786. The number of likely N-dealkylation sites (tertiary alicyclic amines) is 1. The summed E-state index contributed by atoms with van der Waals surface area (Å²) < 4.78 is 1.98. The Labute approximate surface area is 175 Å². The first-order valence-corrected chi connectivity index (χ1v) is 10.2. The SMILES string of the molecule is Cc1nccn1-c1ccc(NC(=O)[C@@H]2CCCN2C(=O)CCc2cccnc2)cc1. The Bertz CT molecular complexity index is 1010. The second kappa shape index (κ2) is 8.90. The Morgan fingerprint density at radius 2 is 2.00 bits per heavy atom. The predicted octanol–water partition coefficient (Wildman–Crippen LogP) is 3.14. The van der Waals surface area contributed by atoms with Gasteiger partial charge in [0.1, 0.15) is 11.9 Å². The molecule has 1 atom stereocenters. The van der Waals surface area contributed by atoms with Crippen molar-refractivity contribution in [3.05, 3.63) is 72.6 Å². The van der Waals surface area contributed by atoms with Gasteiger partial charge in [-0.2, -0.15) is 0 Å². The van der Waals surface area contributed by atoms with Gasteiger partial charge >= 0.3 is 0 Å². The second-order valence-electron chi connectivity index (χ2n) is 7.49. The summed E-state index contributed by atoms with van der Waals surface area (Å²) >= 11 is 0. The minimum absolute atomic E-state index is 0.0161. The van der Waals surface area contributed by atoms with E-state index in [9.17, 15) is 9.59 Å². The smallest absolute Gasteiger partial charge is 0.247 e. The van der Waals surface area contributed by atoms with Crippen molar-refractivity contribution in [2.45, 2.75) is 38.6 Å². The van der Waals surface area contributed by atoms with E-state index in [2.05, 4.69) is 15.3 Å². The lowest BCUT2D eigenvalue weighted by molar-refractivity contribution is -0.136. The third kappa shape index (κ3) is 4.40. The van der Waals surface area contributed by atoms with Crippen LogP contribution in [-0.4, -0.2) is 43.8 Å². The van der Waals surface area contributed by atoms with Crippen LogP contribution in [0.4, 0.5) is 5.69 Å². The molecule has 0 bridgehead atoms. The molecule has 0 saturated carbocycles. The molecular formula is C23H25N5O2. The van der Waals surface area contributed by atoms with Gasteiger partial charge in [0.05, 0.1) is 0 Å². The van der Waals surface area contributed by atoms with Gasteiger partial charge in [0.25, 0.3) is 0 Å². The largest absolute Gasteiger partial charge is 0.331 e. The number of carbonyl (C=O) groups is 2. The van der Waals surface area contributed by atoms with E-state index in [1.54, 1.807) is 23.5 Å². The molecule has 3 heterocycles. The van der Waals surface area contributed by atoms with Crippen LogP contribution >= 0.6 is 0 Å². The van der Waals surface area contributed by atoms with Gasteiger partial charge in [-0.25, -0.2) is 4.98 Å². The van der Waals surface area contributed by atoms with Crippen molar-refractivity contribution >= 4 is 17.5 Å². The summed E-state index contributed by atoms with van der Waals surface area (Å²) in [6, 6.07) is 11.0. The number of benzene rings is 1. The molecule has 0 radical (unpaired) electrons. The molecule has 7 heteroatoms. The van der Waals surface area contributed by atoms with Crippen molar-refractivity contribution in [1.29, 1.82) is 0 Å². The van der Waals surface area contributed by atoms with Gasteiger partial charge in [0.15, 0.2) is 0 Å². The average Bonchev–Trinajstić information content (AvgIpc) is 3.43. The molecule has 7 nitrogen and oxygen atoms in total. The lowest BCUT2D eigenvalue weighted by atomic mass is 10.1. The molecular weight excluding hydrogens is 378 g/mol. The Morgan fingerprint density at radius 3 is 2.70 bits per heavy atom. The molecule has 2 aromatic heterocycles. The predicted molar refractivity (Wildman–Crippen MR) is 114 cm³/mol. The van der Waals surface area contributed by atoms with E-state index >= 15 is 0 Å². The Balaban J connectivity index is 1.36. The number of amides is 2. The van der Waals surface area contributed by atoms with Gasteiger partial charge in [-0.3, -0.25) is 14.6 Å². The average molecular weight is 403 g/mol. The molecule has 1 aliphatic rings. The topological polar surface area (TPSA) is 80.1 Å². The number of nitrogens with one attached hydrogen (secondary N) is 1. The molecule has 4 rings (SSSR count). The molecule has 1 aromatic carbocycles. The van der Waals surface area contributed by atoms with Crippen LogP contribution in [0.15, 0.2) is 61.2 Å². The van der Waals surface area contributed by atoms with Crippen LogP contribution in [0.2, 0.25) is 0 Å². The Kier molecular flexibility index (Phi) is 5.88. The van der Waals surface area contributed by atoms with Gasteiger partial charge < -0.3 is 14.8 Å². The molecule has 1 fully saturated rings. The van der Waals surface area contributed by atoms with Crippen LogP contribution in [0.1, 0.15) is 30.7 Å². The number of nitrogens with zero attached hydrogens (tertiary/aromatic N) is 4. The molecule has 0 spiro atoms. The van der Waals surface area contributed by atoms with Crippen LogP contribution in [0.5, 0.6) is 0 Å². The van der Waals surface area contributed by atoms with Crippen molar-refractivity contribution in [3.8, 4) is 5.69 Å². The number of aromatic nitrogens is 3. The van der Waals surface area contributed by atoms with Crippen LogP contribution in [0.3, 0.4) is 0 Å². The zero-order valence-electron chi connectivity index (χ0n) is 17.0. The first-order valence-electron chi connectivity index (χ1n) is 10.2. The fourth-order valence-corrected chi connectivity index (χ4v) is 3.86. The maximum absolute atomic E-state index is 12.8. The zero-order valence-corrected chi connectivity index (χ0v) is 17.0. The number of hydrogen-bond acceptors (Lipinski definition) is 4. The minimum atomic E-state index is -0.415. The molecule has 30 heavy (non-hydrogen) atoms. The fraction of sp³-hybridized carbons (Fsp3) is 0.304. The number of pyridine rings is 1. The molecule has 3 aromatic rings. The summed E-state index contributed by atoms with van der Waals surface area (Å²) in [5.41, 5.74) is 2.73. The van der Waals surface area contributed by atoms with Gasteiger partial charge in [-0.1, -0.05) is 6.07 Å². The molecule has 1 aliphatic heterocycles. The number of anilines is 1. The first-order chi connectivity index (χ1) is 14.6. The van der Waals surface area contributed by atoms with Gasteiger partial charge in [-0.15, -0.1) is 0 Å². The molecule has 1 saturated heterocycles. The molecule has 0 aliphatic carbocycles. The monoisotopic (exact) mass is 403 g/mol. The number of imidazole rings is 1. The van der Waals surface area contributed by atoms with Gasteiger partial charge in [-0.05, 0) is 62.1 Å². The summed E-state index contributed by atoms with van der Waals surface area (Å²) in [6.45, 7) is 2.57. The maximum Gasteiger partial charge on any atom is 0.247 e. The van der Waals surface area contributed by atoms with E-state index in [1.165, 1.54) is 0 Å². The zero-order chi connectivity index (χ0) is 20.9. The number of carbonyl (C=O) groups excluding carboxylic acids is 2. The third-order valence-corrected chi connectivity index (χ3v) is 5.46. The third-order valence-electron chi connectivity index (χ3n) is 5.46. The summed E-state index contributed by atoms with van der Waals surface area (Å²) in [5, 5.41) is 2.96. The summed E-state index contributed by atoms with van der Waals surface area (Å²) in [4.78, 5) is 35.6. The van der Waals surface area contributed by atoms with E-state index in [0.29, 0.717) is 25.8 Å². The maximum atomic E-state index is 12.8. The van der Waals surface area contributed by atoms with Gasteiger partial charge in [0.2, 0.25) is 11.8 Å². The number of hydrogen-bond donors (Lipinski definition) is 1. The summed E-state index contributed by atoms with van der Waals surface area (Å²) in [6.07, 6.45) is 9.70. The van der Waals surface area contributed by atoms with E-state index in [0.717, 1.165) is 29.2 Å². The van der Waals surface area contributed by atoms with Crippen molar-refractivity contribution in [1.82, 2.24) is 19.4 Å². The van der Waals surface area contributed by atoms with E-state index in [1.807, 2.05) is 54.1 Å². The summed E-state index contributed by atoms with van der Waals surface area (Å²) in [7, 11) is 0. The normalized spacial score (nSPS) is 15.9. The first kappa shape index (κ1) is 19.8. The highest BCUT2D eigenvalue weighted by Crippen LogP contribution is 2.22. The molecule has 154 valence electrons. The molecule has 2 amide bonds. The highest BCUT2D eigenvalue weighted by atomic mass is 16.2. The van der Waals surface area contributed by atoms with Crippen LogP contribution in [0.25, 0.3) is 5.69 Å². The van der Waals surface area contributed by atoms with Crippen LogP contribution in [-0.2, 0) is 16.0 Å². The lowest BCUT2D eigenvalue weighted by Gasteiger charge is -2.24. The standard InChI is InChI=1S/C23H25N5O2/c1-17-25-13-15-27(17)20-9-7-19(8-10-20)26-23(30)21-5-3-14-28(21)22(29)11-6-18-4-2-12-24-16-18/h2,4,7-10,12-13,15-16,21H,3,5-6,11,14H2,1H3,(H,26,30)/t21-/m0/s1. The minimum Gasteiger partial charge on any atom is -0.331 e. The van der Waals surface area contributed by atoms with Gasteiger partial charge in [0, 0.05) is 49.1 Å². The number of rotatable bonds is 6. The Morgan fingerprint density at radius 1 is 1.17 bits per heavy atom. The second-order valence-corrected chi connectivity index (χ2v) is 7.49. The number of aryl methyl sites for hydroxylation is 2. The molecule has 1 N–H and O–H groups in total. The van der Waals surface area contributed by atoms with Crippen molar-refractivity contribution in [2.24, 2.45) is 0 Å².